The van der Waals surface area contributed by atoms with Crippen molar-refractivity contribution in [1.29, 1.82) is 5.26 Å². The van der Waals surface area contributed by atoms with Gasteiger partial charge < -0.3 is 14.5 Å². The number of nitrogens with zero attached hydrogens (tertiary/aromatic N) is 5. The van der Waals surface area contributed by atoms with Crippen LogP contribution in [0, 0.1) is 25.2 Å². The SMILES string of the molecule is Cc1c(-c2ccc(C#N)cc2)nnc(N2CCN(C(=O)OC(C)(C)C)[C@@H](C)C2)c1C. The number of amides is 1. The number of hydrogen-bond acceptors (Lipinski definition) is 6. The molecular formula is C23H29N5O2. The van der Waals surface area contributed by atoms with Gasteiger partial charge >= 0.3 is 6.09 Å². The van der Waals surface area contributed by atoms with Gasteiger partial charge in [-0.05, 0) is 64.8 Å². The molecule has 158 valence electrons. The summed E-state index contributed by atoms with van der Waals surface area (Å²) in [7, 11) is 0. The Morgan fingerprint density at radius 2 is 1.80 bits per heavy atom. The molecule has 2 aromatic rings. The summed E-state index contributed by atoms with van der Waals surface area (Å²) in [5, 5.41) is 18.0. The van der Waals surface area contributed by atoms with Crippen LogP contribution in [0.5, 0.6) is 0 Å². The Kier molecular flexibility index (Phi) is 5.97. The molecule has 0 spiro atoms. The molecule has 0 bridgehead atoms. The highest BCUT2D eigenvalue weighted by atomic mass is 16.6. The van der Waals surface area contributed by atoms with Gasteiger partial charge in [0, 0.05) is 31.2 Å². The first-order valence-corrected chi connectivity index (χ1v) is 10.2. The average molecular weight is 408 g/mol. The van der Waals surface area contributed by atoms with Gasteiger partial charge in [-0.1, -0.05) is 12.1 Å². The van der Waals surface area contributed by atoms with Crippen LogP contribution in [0.2, 0.25) is 0 Å². The first-order valence-electron chi connectivity index (χ1n) is 10.2. The van der Waals surface area contributed by atoms with Gasteiger partial charge in [-0.3, -0.25) is 0 Å². The van der Waals surface area contributed by atoms with Crippen LogP contribution in [0.1, 0.15) is 44.4 Å². The van der Waals surface area contributed by atoms with Crippen LogP contribution >= 0.6 is 0 Å². The average Bonchev–Trinajstić information content (AvgIpc) is 2.68. The van der Waals surface area contributed by atoms with E-state index >= 15 is 0 Å². The topological polar surface area (TPSA) is 82.4 Å². The van der Waals surface area contributed by atoms with Crippen molar-refractivity contribution in [2.75, 3.05) is 24.5 Å². The molecular weight excluding hydrogens is 378 g/mol. The maximum absolute atomic E-state index is 12.5. The molecule has 0 unspecified atom stereocenters. The lowest BCUT2D eigenvalue weighted by Crippen LogP contribution is -2.55. The van der Waals surface area contributed by atoms with Crippen LogP contribution in [0.4, 0.5) is 10.6 Å². The summed E-state index contributed by atoms with van der Waals surface area (Å²) in [6.45, 7) is 13.7. The van der Waals surface area contributed by atoms with Gasteiger partial charge in [0.1, 0.15) is 5.60 Å². The lowest BCUT2D eigenvalue weighted by Gasteiger charge is -2.41. The first-order chi connectivity index (χ1) is 14.1. The fourth-order valence-electron chi connectivity index (χ4n) is 3.61. The molecule has 30 heavy (non-hydrogen) atoms. The van der Waals surface area contributed by atoms with E-state index in [1.54, 1.807) is 17.0 Å². The highest BCUT2D eigenvalue weighted by molar-refractivity contribution is 5.70. The molecule has 1 amide bonds. The summed E-state index contributed by atoms with van der Waals surface area (Å²) in [5.41, 5.74) is 4.01. The van der Waals surface area contributed by atoms with Crippen LogP contribution in [-0.4, -0.2) is 52.5 Å². The number of hydrogen-bond donors (Lipinski definition) is 0. The number of carbonyl (C=O) groups excluding carboxylic acids is 1. The number of nitriles is 1. The Labute approximate surface area is 178 Å². The van der Waals surface area contributed by atoms with E-state index in [4.69, 9.17) is 10.00 Å². The third-order valence-corrected chi connectivity index (χ3v) is 5.34. The number of aromatic nitrogens is 2. The van der Waals surface area contributed by atoms with Crippen molar-refractivity contribution in [3.63, 3.8) is 0 Å². The fourth-order valence-corrected chi connectivity index (χ4v) is 3.61. The molecule has 3 rings (SSSR count). The first kappa shape index (κ1) is 21.6. The second kappa shape index (κ2) is 8.31. The number of carbonyl (C=O) groups is 1. The maximum Gasteiger partial charge on any atom is 0.410 e. The number of piperazine rings is 1. The number of anilines is 1. The van der Waals surface area contributed by atoms with Crippen molar-refractivity contribution in [1.82, 2.24) is 15.1 Å². The van der Waals surface area contributed by atoms with Crippen molar-refractivity contribution >= 4 is 11.9 Å². The summed E-state index contributed by atoms with van der Waals surface area (Å²) >= 11 is 0. The molecule has 1 atom stereocenters. The standard InChI is InChI=1S/C23H29N5O2/c1-15-14-27(11-12-28(15)22(29)30-23(4,5)6)21-17(3)16(2)20(25-26-21)19-9-7-18(13-24)8-10-19/h7-10,15H,11-12,14H2,1-6H3/t15-/m0/s1. The number of rotatable bonds is 2. The summed E-state index contributed by atoms with van der Waals surface area (Å²) in [5.74, 6) is 0.848. The zero-order valence-corrected chi connectivity index (χ0v) is 18.6. The normalized spacial score (nSPS) is 16.9. The highest BCUT2D eigenvalue weighted by Crippen LogP contribution is 2.29. The Balaban J connectivity index is 1.78. The Hall–Kier alpha value is -3.14. The molecule has 1 aromatic heterocycles. The molecule has 0 saturated carbocycles. The Morgan fingerprint density at radius 1 is 1.13 bits per heavy atom. The van der Waals surface area contributed by atoms with Crippen molar-refractivity contribution in [2.45, 2.75) is 53.2 Å². The highest BCUT2D eigenvalue weighted by Gasteiger charge is 2.32. The molecule has 1 aromatic carbocycles. The molecule has 0 radical (unpaired) electrons. The third-order valence-electron chi connectivity index (χ3n) is 5.34. The molecule has 1 aliphatic rings. The van der Waals surface area contributed by atoms with Gasteiger partial charge in [0.05, 0.1) is 17.3 Å². The van der Waals surface area contributed by atoms with Crippen molar-refractivity contribution in [3.05, 3.63) is 41.0 Å². The smallest absolute Gasteiger partial charge is 0.410 e. The molecule has 1 saturated heterocycles. The van der Waals surface area contributed by atoms with E-state index in [9.17, 15) is 4.79 Å². The predicted octanol–water partition coefficient (Wildman–Crippen LogP) is 4.08. The minimum Gasteiger partial charge on any atom is -0.444 e. The second-order valence-corrected chi connectivity index (χ2v) is 8.78. The molecule has 1 aliphatic heterocycles. The van der Waals surface area contributed by atoms with Gasteiger partial charge in [0.15, 0.2) is 5.82 Å². The van der Waals surface area contributed by atoms with Crippen LogP contribution < -0.4 is 4.90 Å². The van der Waals surface area contributed by atoms with E-state index < -0.39 is 5.60 Å². The van der Waals surface area contributed by atoms with E-state index in [0.717, 1.165) is 28.2 Å². The zero-order chi connectivity index (χ0) is 22.1. The Morgan fingerprint density at radius 3 is 2.37 bits per heavy atom. The Bertz CT molecular complexity index is 973. The molecule has 0 aliphatic carbocycles. The minimum atomic E-state index is -0.506. The lowest BCUT2D eigenvalue weighted by atomic mass is 10.0. The van der Waals surface area contributed by atoms with Crippen LogP contribution in [-0.2, 0) is 4.74 Å². The van der Waals surface area contributed by atoms with E-state index in [0.29, 0.717) is 25.2 Å². The molecule has 1 fully saturated rings. The number of benzene rings is 1. The van der Waals surface area contributed by atoms with Crippen molar-refractivity contribution in [3.8, 4) is 17.3 Å². The molecule has 7 nitrogen and oxygen atoms in total. The van der Waals surface area contributed by atoms with Gasteiger partial charge in [0.2, 0.25) is 0 Å². The van der Waals surface area contributed by atoms with E-state index in [2.05, 4.69) is 28.1 Å². The predicted molar refractivity (Wildman–Crippen MR) is 116 cm³/mol. The summed E-state index contributed by atoms with van der Waals surface area (Å²) < 4.78 is 5.53. The van der Waals surface area contributed by atoms with Crippen LogP contribution in [0.15, 0.2) is 24.3 Å². The third kappa shape index (κ3) is 4.54. The monoisotopic (exact) mass is 407 g/mol. The van der Waals surface area contributed by atoms with Crippen molar-refractivity contribution in [2.24, 2.45) is 0 Å². The zero-order valence-electron chi connectivity index (χ0n) is 18.6. The van der Waals surface area contributed by atoms with Gasteiger partial charge in [-0.15, -0.1) is 10.2 Å². The summed E-state index contributed by atoms with van der Waals surface area (Å²) in [6.07, 6.45) is -0.273. The minimum absolute atomic E-state index is 0.00769. The van der Waals surface area contributed by atoms with E-state index in [-0.39, 0.29) is 12.1 Å². The molecule has 7 heteroatoms. The maximum atomic E-state index is 12.5. The molecule has 2 heterocycles. The summed E-state index contributed by atoms with van der Waals surface area (Å²) in [6, 6.07) is 9.52. The largest absolute Gasteiger partial charge is 0.444 e. The summed E-state index contributed by atoms with van der Waals surface area (Å²) in [4.78, 5) is 16.4. The van der Waals surface area contributed by atoms with Crippen LogP contribution in [0.3, 0.4) is 0 Å². The fraction of sp³-hybridized carbons (Fsp3) is 0.478. The number of ether oxygens (including phenoxy) is 1. The van der Waals surface area contributed by atoms with Crippen LogP contribution in [0.25, 0.3) is 11.3 Å². The second-order valence-electron chi connectivity index (χ2n) is 8.78. The quantitative estimate of drug-likeness (QED) is 0.746. The van der Waals surface area contributed by atoms with E-state index in [1.807, 2.05) is 46.8 Å². The van der Waals surface area contributed by atoms with Gasteiger partial charge in [-0.25, -0.2) is 4.79 Å². The van der Waals surface area contributed by atoms with E-state index in [1.165, 1.54) is 0 Å². The van der Waals surface area contributed by atoms with Crippen molar-refractivity contribution < 1.29 is 9.53 Å². The molecule has 0 N–H and O–H groups in total. The lowest BCUT2D eigenvalue weighted by molar-refractivity contribution is 0.0158. The van der Waals surface area contributed by atoms with Gasteiger partial charge in [0.25, 0.3) is 0 Å². The van der Waals surface area contributed by atoms with Gasteiger partial charge in [-0.2, -0.15) is 5.26 Å².